The Morgan fingerprint density at radius 2 is 1.64 bits per heavy atom. The van der Waals surface area contributed by atoms with E-state index in [0.29, 0.717) is 50.8 Å². The topological polar surface area (TPSA) is 78.5 Å². The first kappa shape index (κ1) is 28.0. The van der Waals surface area contributed by atoms with Gasteiger partial charge in [-0.25, -0.2) is 26.3 Å². The third-order valence-corrected chi connectivity index (χ3v) is 7.81. The number of benzene rings is 2. The summed E-state index contributed by atoms with van der Waals surface area (Å²) in [5.41, 5.74) is -1.65. The molecule has 0 saturated heterocycles. The van der Waals surface area contributed by atoms with Crippen LogP contribution in [0.1, 0.15) is 50.5 Å². The summed E-state index contributed by atoms with van der Waals surface area (Å²) < 4.78 is 71.8. The van der Waals surface area contributed by atoms with Gasteiger partial charge in [0.1, 0.15) is 5.69 Å². The van der Waals surface area contributed by atoms with Gasteiger partial charge < -0.3 is 10.2 Å². The van der Waals surface area contributed by atoms with Crippen LogP contribution < -0.4 is 10.0 Å². The molecule has 2 aromatic carbocycles. The molecular formula is C26H34F3N3O3S. The van der Waals surface area contributed by atoms with Gasteiger partial charge in [0.2, 0.25) is 0 Å². The molecule has 1 aliphatic carbocycles. The molecule has 1 aliphatic rings. The van der Waals surface area contributed by atoms with E-state index in [-0.39, 0.29) is 18.9 Å². The standard InChI is InChI=1S/C26H34F3N3O3S/c1-32(2)16-13-20(12-11-19-9-5-3-6-10-19)30-24-22(27)17-21(18-23(24)28)36(34,35)31-25(33)26(29)14-7-4-8-15-26/h3,5-6,9-10,17-18,20,30H,4,7-8,11-16H2,1-2H3,(H,31,33)/t20-/m0/s1. The zero-order valence-electron chi connectivity index (χ0n) is 20.7. The van der Waals surface area contributed by atoms with Crippen molar-refractivity contribution in [2.75, 3.05) is 26.0 Å². The van der Waals surface area contributed by atoms with Gasteiger partial charge in [0.05, 0.1) is 4.90 Å². The second kappa shape index (κ2) is 12.1. The van der Waals surface area contributed by atoms with E-state index < -0.39 is 43.8 Å². The molecule has 1 atom stereocenters. The second-order valence-electron chi connectivity index (χ2n) is 9.68. The van der Waals surface area contributed by atoms with Crippen LogP contribution in [-0.2, 0) is 21.2 Å². The molecule has 0 heterocycles. The number of carbonyl (C=O) groups excluding carboxylic acids is 1. The van der Waals surface area contributed by atoms with Crippen molar-refractivity contribution in [1.82, 2.24) is 9.62 Å². The molecule has 198 valence electrons. The van der Waals surface area contributed by atoms with Gasteiger partial charge >= 0.3 is 0 Å². The second-order valence-corrected chi connectivity index (χ2v) is 11.4. The van der Waals surface area contributed by atoms with Gasteiger partial charge in [-0.05, 0) is 83.3 Å². The zero-order chi connectivity index (χ0) is 26.3. The lowest BCUT2D eigenvalue weighted by Crippen LogP contribution is -2.46. The van der Waals surface area contributed by atoms with E-state index in [1.54, 1.807) is 4.72 Å². The van der Waals surface area contributed by atoms with E-state index in [9.17, 15) is 26.4 Å². The molecule has 0 spiro atoms. The predicted octanol–water partition coefficient (Wildman–Crippen LogP) is 4.81. The summed E-state index contributed by atoms with van der Waals surface area (Å²) in [6.45, 7) is 0.680. The highest BCUT2D eigenvalue weighted by Crippen LogP contribution is 2.33. The summed E-state index contributed by atoms with van der Waals surface area (Å²) in [6.07, 6.45) is 3.42. The van der Waals surface area contributed by atoms with Crippen LogP contribution >= 0.6 is 0 Å². The van der Waals surface area contributed by atoms with Crippen molar-refractivity contribution < 1.29 is 26.4 Å². The SMILES string of the molecule is CN(C)CC[C@H](CCc1ccccc1)Nc1c(F)cc(S(=O)(=O)NC(=O)C2(F)CCCCC2)cc1F. The van der Waals surface area contributed by atoms with Crippen LogP contribution in [-0.4, -0.2) is 51.6 Å². The van der Waals surface area contributed by atoms with E-state index in [1.165, 1.54) is 0 Å². The Labute approximate surface area is 211 Å². The quantitative estimate of drug-likeness (QED) is 0.440. The molecule has 0 unspecified atom stereocenters. The first-order valence-electron chi connectivity index (χ1n) is 12.2. The minimum Gasteiger partial charge on any atom is -0.378 e. The van der Waals surface area contributed by atoms with Crippen molar-refractivity contribution in [1.29, 1.82) is 0 Å². The summed E-state index contributed by atoms with van der Waals surface area (Å²) in [4.78, 5) is 13.5. The number of hydrogen-bond donors (Lipinski definition) is 2. The highest BCUT2D eigenvalue weighted by atomic mass is 32.2. The number of alkyl halides is 1. The monoisotopic (exact) mass is 525 g/mol. The van der Waals surface area contributed by atoms with Gasteiger partial charge in [-0.2, -0.15) is 0 Å². The molecule has 1 amide bonds. The average molecular weight is 526 g/mol. The van der Waals surface area contributed by atoms with Crippen LogP contribution in [0.4, 0.5) is 18.9 Å². The number of amides is 1. The first-order chi connectivity index (χ1) is 17.0. The number of anilines is 1. The Bertz CT molecular complexity index is 1110. The maximum absolute atomic E-state index is 15.0. The molecule has 0 radical (unpaired) electrons. The number of carbonyl (C=O) groups is 1. The zero-order valence-corrected chi connectivity index (χ0v) is 21.5. The maximum Gasteiger partial charge on any atom is 0.271 e. The molecule has 1 saturated carbocycles. The number of nitrogens with one attached hydrogen (secondary N) is 2. The normalized spacial score (nSPS) is 16.5. The Morgan fingerprint density at radius 3 is 2.22 bits per heavy atom. The highest BCUT2D eigenvalue weighted by Gasteiger charge is 2.41. The summed E-state index contributed by atoms with van der Waals surface area (Å²) in [7, 11) is -0.857. The van der Waals surface area contributed by atoms with Crippen LogP contribution in [0.25, 0.3) is 0 Å². The summed E-state index contributed by atoms with van der Waals surface area (Å²) in [5, 5.41) is 2.90. The molecule has 10 heteroatoms. The first-order valence-corrected chi connectivity index (χ1v) is 13.7. The van der Waals surface area contributed by atoms with Gasteiger partial charge in [0.25, 0.3) is 15.9 Å². The minimum absolute atomic E-state index is 0.0861. The Balaban J connectivity index is 1.76. The third kappa shape index (κ3) is 7.46. The summed E-state index contributed by atoms with van der Waals surface area (Å²) in [6, 6.07) is 10.7. The van der Waals surface area contributed by atoms with E-state index in [4.69, 9.17) is 0 Å². The number of rotatable bonds is 11. The molecule has 2 aromatic rings. The minimum atomic E-state index is -4.66. The number of hydrogen-bond acceptors (Lipinski definition) is 5. The van der Waals surface area contributed by atoms with Gasteiger partial charge in [0.15, 0.2) is 17.3 Å². The summed E-state index contributed by atoms with van der Waals surface area (Å²) in [5.74, 6) is -3.51. The van der Waals surface area contributed by atoms with E-state index >= 15 is 0 Å². The van der Waals surface area contributed by atoms with E-state index in [0.717, 1.165) is 12.0 Å². The highest BCUT2D eigenvalue weighted by molar-refractivity contribution is 7.90. The summed E-state index contributed by atoms with van der Waals surface area (Å²) >= 11 is 0. The molecule has 0 aromatic heterocycles. The number of aryl methyl sites for hydroxylation is 1. The predicted molar refractivity (Wildman–Crippen MR) is 134 cm³/mol. The van der Waals surface area contributed by atoms with Crippen molar-refractivity contribution in [3.05, 3.63) is 59.7 Å². The van der Waals surface area contributed by atoms with Crippen LogP contribution in [0.5, 0.6) is 0 Å². The fraction of sp³-hybridized carbons (Fsp3) is 0.500. The average Bonchev–Trinajstić information content (AvgIpc) is 2.83. The lowest BCUT2D eigenvalue weighted by atomic mass is 9.86. The van der Waals surface area contributed by atoms with Crippen LogP contribution in [0.3, 0.4) is 0 Å². The Hall–Kier alpha value is -2.59. The smallest absolute Gasteiger partial charge is 0.271 e. The molecule has 6 nitrogen and oxygen atoms in total. The van der Waals surface area contributed by atoms with Crippen molar-refractivity contribution >= 4 is 21.6 Å². The van der Waals surface area contributed by atoms with Crippen molar-refractivity contribution in [2.24, 2.45) is 0 Å². The molecule has 36 heavy (non-hydrogen) atoms. The molecule has 1 fully saturated rings. The van der Waals surface area contributed by atoms with E-state index in [1.807, 2.05) is 49.3 Å². The van der Waals surface area contributed by atoms with E-state index in [2.05, 4.69) is 5.32 Å². The lowest BCUT2D eigenvalue weighted by molar-refractivity contribution is -0.133. The Kier molecular flexibility index (Phi) is 9.41. The van der Waals surface area contributed by atoms with Gasteiger partial charge in [0, 0.05) is 6.04 Å². The van der Waals surface area contributed by atoms with Crippen LogP contribution in [0.15, 0.2) is 47.4 Å². The Morgan fingerprint density at radius 1 is 1.03 bits per heavy atom. The number of sulfonamides is 1. The lowest BCUT2D eigenvalue weighted by Gasteiger charge is -2.27. The molecule has 2 N–H and O–H groups in total. The molecule has 3 rings (SSSR count). The van der Waals surface area contributed by atoms with Crippen molar-refractivity contribution in [2.45, 2.75) is 68.0 Å². The third-order valence-electron chi connectivity index (χ3n) is 6.50. The van der Waals surface area contributed by atoms with Gasteiger partial charge in [-0.1, -0.05) is 36.8 Å². The van der Waals surface area contributed by atoms with Crippen LogP contribution in [0, 0.1) is 11.6 Å². The molecule has 0 aliphatic heterocycles. The van der Waals surface area contributed by atoms with Crippen LogP contribution in [0.2, 0.25) is 0 Å². The molecule has 0 bridgehead atoms. The van der Waals surface area contributed by atoms with Crippen molar-refractivity contribution in [3.63, 3.8) is 0 Å². The largest absolute Gasteiger partial charge is 0.378 e. The fourth-order valence-corrected chi connectivity index (χ4v) is 5.41. The fourth-order valence-electron chi connectivity index (χ4n) is 4.35. The number of nitrogens with zero attached hydrogens (tertiary/aromatic N) is 1. The van der Waals surface area contributed by atoms with Gasteiger partial charge in [-0.15, -0.1) is 0 Å². The molecular weight excluding hydrogens is 491 g/mol. The van der Waals surface area contributed by atoms with Crippen molar-refractivity contribution in [3.8, 4) is 0 Å². The van der Waals surface area contributed by atoms with Gasteiger partial charge in [-0.3, -0.25) is 4.79 Å². The maximum atomic E-state index is 15.0. The number of halogens is 3.